The van der Waals surface area contributed by atoms with Crippen LogP contribution in [0.1, 0.15) is 23.2 Å². The summed E-state index contributed by atoms with van der Waals surface area (Å²) in [5, 5.41) is 2.90. The number of carbonyl (C=O) groups is 1. The number of carbonyl (C=O) groups excluding carboxylic acids is 1. The normalized spacial score (nSPS) is 18.8. The van der Waals surface area contributed by atoms with Gasteiger partial charge in [-0.05, 0) is 37.0 Å². The van der Waals surface area contributed by atoms with E-state index in [1.165, 1.54) is 0 Å². The van der Waals surface area contributed by atoms with E-state index in [2.05, 4.69) is 21.2 Å². The fourth-order valence-electron chi connectivity index (χ4n) is 2.04. The molecule has 1 atom stereocenters. The van der Waals surface area contributed by atoms with Gasteiger partial charge in [-0.15, -0.1) is 0 Å². The van der Waals surface area contributed by atoms with Gasteiger partial charge in [0.05, 0.1) is 5.56 Å². The molecule has 1 heterocycles. The molecule has 18 heavy (non-hydrogen) atoms. The molecule has 0 bridgehead atoms. The Balaban J connectivity index is 1.83. The predicted molar refractivity (Wildman–Crippen MR) is 74.4 cm³/mol. The summed E-state index contributed by atoms with van der Waals surface area (Å²) in [6.45, 7) is 2.33. The first-order valence-corrected chi connectivity index (χ1v) is 6.87. The highest BCUT2D eigenvalue weighted by Gasteiger charge is 2.16. The van der Waals surface area contributed by atoms with Crippen LogP contribution in [-0.4, -0.2) is 25.7 Å². The average molecular weight is 313 g/mol. The minimum atomic E-state index is -0.112. The number of nitrogen functional groups attached to an aromatic ring is 1. The first kappa shape index (κ1) is 13.4. The number of nitrogens with one attached hydrogen (secondary N) is 1. The van der Waals surface area contributed by atoms with Gasteiger partial charge in [0.2, 0.25) is 0 Å². The highest BCUT2D eigenvalue weighted by atomic mass is 79.9. The van der Waals surface area contributed by atoms with Gasteiger partial charge in [0, 0.05) is 29.9 Å². The van der Waals surface area contributed by atoms with E-state index in [0.717, 1.165) is 30.5 Å². The van der Waals surface area contributed by atoms with Gasteiger partial charge in [-0.1, -0.05) is 15.9 Å². The molecule has 98 valence electrons. The minimum Gasteiger partial charge on any atom is -0.398 e. The highest BCUT2D eigenvalue weighted by molar-refractivity contribution is 9.10. The van der Waals surface area contributed by atoms with E-state index in [1.54, 1.807) is 12.1 Å². The molecule has 1 unspecified atom stereocenters. The van der Waals surface area contributed by atoms with E-state index in [9.17, 15) is 4.79 Å². The van der Waals surface area contributed by atoms with Crippen LogP contribution in [0.25, 0.3) is 0 Å². The number of anilines is 1. The Kier molecular flexibility index (Phi) is 4.60. The predicted octanol–water partition coefficient (Wildman–Crippen LogP) is 2.19. The lowest BCUT2D eigenvalue weighted by Crippen LogP contribution is -2.26. The molecule has 2 rings (SSSR count). The molecule has 0 aliphatic carbocycles. The number of nitrogens with two attached hydrogens (primary N) is 1. The molecule has 4 nitrogen and oxygen atoms in total. The Morgan fingerprint density at radius 3 is 3.06 bits per heavy atom. The zero-order valence-electron chi connectivity index (χ0n) is 10.1. The lowest BCUT2D eigenvalue weighted by atomic mass is 10.1. The number of hydrogen-bond acceptors (Lipinski definition) is 3. The van der Waals surface area contributed by atoms with Crippen molar-refractivity contribution in [3.63, 3.8) is 0 Å². The molecule has 1 saturated heterocycles. The third-order valence-corrected chi connectivity index (χ3v) is 3.61. The molecule has 1 amide bonds. The van der Waals surface area contributed by atoms with E-state index >= 15 is 0 Å². The number of rotatable bonds is 4. The Morgan fingerprint density at radius 2 is 2.39 bits per heavy atom. The fourth-order valence-corrected chi connectivity index (χ4v) is 2.42. The second kappa shape index (κ2) is 6.20. The second-order valence-electron chi connectivity index (χ2n) is 4.51. The van der Waals surface area contributed by atoms with E-state index < -0.39 is 0 Å². The van der Waals surface area contributed by atoms with Crippen LogP contribution in [0.15, 0.2) is 22.7 Å². The van der Waals surface area contributed by atoms with Crippen LogP contribution in [-0.2, 0) is 4.74 Å². The smallest absolute Gasteiger partial charge is 0.253 e. The van der Waals surface area contributed by atoms with Gasteiger partial charge in [0.15, 0.2) is 0 Å². The Hall–Kier alpha value is -1.07. The summed E-state index contributed by atoms with van der Waals surface area (Å²) in [5.41, 5.74) is 6.83. The van der Waals surface area contributed by atoms with Crippen LogP contribution >= 0.6 is 15.9 Å². The Labute approximate surface area is 115 Å². The fraction of sp³-hybridized carbons (Fsp3) is 0.462. The summed E-state index contributed by atoms with van der Waals surface area (Å²) >= 11 is 3.32. The van der Waals surface area contributed by atoms with Crippen molar-refractivity contribution in [3.8, 4) is 0 Å². The molecule has 1 aromatic carbocycles. The van der Waals surface area contributed by atoms with Crippen LogP contribution in [0.5, 0.6) is 0 Å². The van der Waals surface area contributed by atoms with Crippen molar-refractivity contribution in [2.45, 2.75) is 12.8 Å². The van der Waals surface area contributed by atoms with Crippen molar-refractivity contribution in [2.24, 2.45) is 5.92 Å². The lowest BCUT2D eigenvalue weighted by molar-refractivity contribution is 0.0951. The summed E-state index contributed by atoms with van der Waals surface area (Å²) in [6, 6.07) is 5.28. The molecule has 1 fully saturated rings. The number of halogens is 1. The van der Waals surface area contributed by atoms with E-state index in [-0.39, 0.29) is 5.91 Å². The van der Waals surface area contributed by atoms with Gasteiger partial charge in [0.25, 0.3) is 5.91 Å². The van der Waals surface area contributed by atoms with Gasteiger partial charge in [-0.2, -0.15) is 0 Å². The minimum absolute atomic E-state index is 0.112. The molecule has 0 spiro atoms. The van der Waals surface area contributed by atoms with Gasteiger partial charge in [-0.25, -0.2) is 0 Å². The summed E-state index contributed by atoms with van der Waals surface area (Å²) in [4.78, 5) is 11.9. The Bertz CT molecular complexity index is 431. The SMILES string of the molecule is Nc1cc(Br)ccc1C(=O)NCCC1CCOC1. The maximum absolute atomic E-state index is 11.9. The quantitative estimate of drug-likeness (QED) is 0.838. The largest absolute Gasteiger partial charge is 0.398 e. The van der Waals surface area contributed by atoms with Crippen LogP contribution in [0.4, 0.5) is 5.69 Å². The van der Waals surface area contributed by atoms with Crippen LogP contribution in [0, 0.1) is 5.92 Å². The molecule has 0 radical (unpaired) electrons. The summed E-state index contributed by atoms with van der Waals surface area (Å²) in [6.07, 6.45) is 2.05. The summed E-state index contributed by atoms with van der Waals surface area (Å²) in [5.74, 6) is 0.464. The molecule has 1 aliphatic heterocycles. The van der Waals surface area contributed by atoms with Crippen molar-refractivity contribution in [1.82, 2.24) is 5.32 Å². The highest BCUT2D eigenvalue weighted by Crippen LogP contribution is 2.19. The molecular formula is C13H17BrN2O2. The van der Waals surface area contributed by atoms with Crippen molar-refractivity contribution < 1.29 is 9.53 Å². The molecular weight excluding hydrogens is 296 g/mol. The van der Waals surface area contributed by atoms with Gasteiger partial charge in [-0.3, -0.25) is 4.79 Å². The topological polar surface area (TPSA) is 64.4 Å². The van der Waals surface area contributed by atoms with Crippen molar-refractivity contribution in [1.29, 1.82) is 0 Å². The zero-order valence-corrected chi connectivity index (χ0v) is 11.7. The van der Waals surface area contributed by atoms with Crippen molar-refractivity contribution in [2.75, 3.05) is 25.5 Å². The monoisotopic (exact) mass is 312 g/mol. The van der Waals surface area contributed by atoms with E-state index in [4.69, 9.17) is 10.5 Å². The third kappa shape index (κ3) is 3.46. The number of amides is 1. The second-order valence-corrected chi connectivity index (χ2v) is 5.42. The molecule has 0 aromatic heterocycles. The van der Waals surface area contributed by atoms with Gasteiger partial charge in [0.1, 0.15) is 0 Å². The first-order valence-electron chi connectivity index (χ1n) is 6.08. The number of benzene rings is 1. The van der Waals surface area contributed by atoms with Crippen LogP contribution in [0.3, 0.4) is 0 Å². The lowest BCUT2D eigenvalue weighted by Gasteiger charge is -2.10. The molecule has 1 aromatic rings. The Morgan fingerprint density at radius 1 is 1.56 bits per heavy atom. The maximum atomic E-state index is 11.9. The van der Waals surface area contributed by atoms with E-state index in [0.29, 0.717) is 23.7 Å². The molecule has 3 N–H and O–H groups in total. The number of hydrogen-bond donors (Lipinski definition) is 2. The molecule has 5 heteroatoms. The van der Waals surface area contributed by atoms with Gasteiger partial charge < -0.3 is 15.8 Å². The average Bonchev–Trinajstić information content (AvgIpc) is 2.81. The van der Waals surface area contributed by atoms with Crippen LogP contribution < -0.4 is 11.1 Å². The van der Waals surface area contributed by atoms with Crippen molar-refractivity contribution >= 4 is 27.5 Å². The number of ether oxygens (including phenoxy) is 1. The zero-order chi connectivity index (χ0) is 13.0. The van der Waals surface area contributed by atoms with E-state index in [1.807, 2.05) is 6.07 Å². The summed E-state index contributed by atoms with van der Waals surface area (Å²) < 4.78 is 6.17. The van der Waals surface area contributed by atoms with Crippen molar-refractivity contribution in [3.05, 3.63) is 28.2 Å². The third-order valence-electron chi connectivity index (χ3n) is 3.12. The molecule has 1 aliphatic rings. The van der Waals surface area contributed by atoms with Gasteiger partial charge >= 0.3 is 0 Å². The standard InChI is InChI=1S/C13H17BrN2O2/c14-10-1-2-11(12(15)7-10)13(17)16-5-3-9-4-6-18-8-9/h1-2,7,9H,3-6,8,15H2,(H,16,17). The summed E-state index contributed by atoms with van der Waals surface area (Å²) in [7, 11) is 0. The maximum Gasteiger partial charge on any atom is 0.253 e. The first-order chi connectivity index (χ1) is 8.66. The van der Waals surface area contributed by atoms with Crippen LogP contribution in [0.2, 0.25) is 0 Å². The molecule has 0 saturated carbocycles.